The van der Waals surface area contributed by atoms with Crippen LogP contribution in [-0.2, 0) is 122 Å². The Morgan fingerprint density at radius 3 is 1.56 bits per heavy atom. The minimum atomic E-state index is -2.02. The van der Waals surface area contributed by atoms with Crippen molar-refractivity contribution in [3.8, 4) is 5.75 Å². The number of methoxy groups -OCH3 is 2. The minimum Gasteiger partial charge on any atom is -0.480 e. The first-order valence-electron chi connectivity index (χ1n) is 39.3. The highest BCUT2D eigenvalue weighted by atomic mass is 16.7. The maximum absolute atomic E-state index is 14.9. The number of hydrogen-bond acceptors (Lipinski definition) is 29. The average molecular weight is 1640 g/mol. The van der Waals surface area contributed by atoms with Gasteiger partial charge in [0.05, 0.1) is 201 Å². The second-order valence-corrected chi connectivity index (χ2v) is 28.4. The SMILES string of the molecule is CC[C@H](C)[C@@H]([C@@H](CC(=O)N1CCC[C@H]1[C@H](OC)[C@@H](C)C(=O)N[C@@H](Cc1ccccc1)C(=O)O)OC)N(C)C(=O)[C@@H](NC(=O)[C@H](C(C)C)N(C)C(=O)OCc1ccc(O[C@@H]2O[C@H](C(=O)O)[C@@H](O)[C@H](O)[C@H]2O)c(NC(=O)CCOCCOCCOCCOCCOCCOCCOCCOCCOCCOCCOCCON)c1)C(C)C. The van der Waals surface area contributed by atoms with Crippen LogP contribution in [0.2, 0.25) is 0 Å². The average Bonchev–Trinajstić information content (AvgIpc) is 1.08. The number of likely N-dealkylation sites (tertiary alicyclic amines) is 1. The normalized spacial score (nSPS) is 19.1. The van der Waals surface area contributed by atoms with E-state index in [0.717, 1.165) is 10.5 Å². The first-order chi connectivity index (χ1) is 55.2. The van der Waals surface area contributed by atoms with Gasteiger partial charge in [0.15, 0.2) is 6.10 Å². The summed E-state index contributed by atoms with van der Waals surface area (Å²) in [5, 5.41) is 59.7. The lowest BCUT2D eigenvalue weighted by Crippen LogP contribution is -2.61. The monoisotopic (exact) mass is 1640 g/mol. The van der Waals surface area contributed by atoms with Crippen molar-refractivity contribution in [2.24, 2.45) is 29.6 Å². The molecule has 656 valence electrons. The molecule has 0 bridgehead atoms. The summed E-state index contributed by atoms with van der Waals surface area (Å²) >= 11 is 0. The van der Waals surface area contributed by atoms with Gasteiger partial charge >= 0.3 is 18.0 Å². The number of hydrogen-bond donors (Lipinski definition) is 9. The van der Waals surface area contributed by atoms with E-state index in [-0.39, 0.29) is 74.5 Å². The van der Waals surface area contributed by atoms with Crippen LogP contribution in [0.5, 0.6) is 5.75 Å². The van der Waals surface area contributed by atoms with Crippen molar-refractivity contribution < 1.29 is 145 Å². The smallest absolute Gasteiger partial charge is 0.410 e. The van der Waals surface area contributed by atoms with Gasteiger partial charge in [0.2, 0.25) is 35.8 Å². The molecule has 2 aliphatic rings. The summed E-state index contributed by atoms with van der Waals surface area (Å²) in [6.45, 7) is 20.6. The zero-order valence-electron chi connectivity index (χ0n) is 68.6. The molecule has 0 saturated carbocycles. The third-order valence-corrected chi connectivity index (χ3v) is 19.3. The van der Waals surface area contributed by atoms with Crippen LogP contribution in [0.25, 0.3) is 0 Å². The fraction of sp³-hybridized carbons (Fsp3) is 0.744. The van der Waals surface area contributed by atoms with Gasteiger partial charge in [0.25, 0.3) is 0 Å². The van der Waals surface area contributed by atoms with E-state index in [1.807, 2.05) is 19.9 Å². The molecule has 0 unspecified atom stereocenters. The highest BCUT2D eigenvalue weighted by Crippen LogP contribution is 2.33. The Morgan fingerprint density at radius 1 is 0.600 bits per heavy atom. The van der Waals surface area contributed by atoms with Crippen LogP contribution >= 0.6 is 0 Å². The van der Waals surface area contributed by atoms with Crippen LogP contribution in [0.4, 0.5) is 10.5 Å². The second-order valence-electron chi connectivity index (χ2n) is 28.4. The molecule has 0 spiro atoms. The zero-order chi connectivity index (χ0) is 84.6. The van der Waals surface area contributed by atoms with Gasteiger partial charge in [-0.1, -0.05) is 91.3 Å². The van der Waals surface area contributed by atoms with E-state index in [4.69, 9.17) is 81.7 Å². The lowest BCUT2D eigenvalue weighted by atomic mass is 9.89. The first-order valence-corrected chi connectivity index (χ1v) is 39.3. The summed E-state index contributed by atoms with van der Waals surface area (Å²) in [5.74, 6) is -2.89. The van der Waals surface area contributed by atoms with Gasteiger partial charge in [-0.2, -0.15) is 0 Å². The Bertz CT molecular complexity index is 3100. The number of nitrogens with two attached hydrogens (primary N) is 1. The van der Waals surface area contributed by atoms with Crippen LogP contribution < -0.4 is 26.6 Å². The van der Waals surface area contributed by atoms with Gasteiger partial charge in [0.1, 0.15) is 48.8 Å². The molecule has 2 aromatic rings. The van der Waals surface area contributed by atoms with Crippen LogP contribution in [0, 0.1) is 23.7 Å². The number of carbonyl (C=O) groups excluding carboxylic acids is 6. The molecule has 2 fully saturated rings. The Labute approximate surface area is 674 Å². The summed E-state index contributed by atoms with van der Waals surface area (Å²) in [6, 6.07) is 8.21. The number of carboxylic acids is 2. The highest BCUT2D eigenvalue weighted by molar-refractivity contribution is 5.93. The lowest BCUT2D eigenvalue weighted by Gasteiger charge is -2.41. The molecule has 2 heterocycles. The highest BCUT2D eigenvalue weighted by Gasteiger charge is 2.49. The van der Waals surface area contributed by atoms with E-state index in [1.165, 1.54) is 44.4 Å². The number of likely N-dealkylation sites (N-methyl/N-ethyl adjacent to an activating group) is 2. The summed E-state index contributed by atoms with van der Waals surface area (Å²) in [5.41, 5.74) is 0.917. The number of benzene rings is 2. The van der Waals surface area contributed by atoms with Crippen molar-refractivity contribution in [2.75, 3.05) is 192 Å². The van der Waals surface area contributed by atoms with Crippen molar-refractivity contribution in [3.63, 3.8) is 0 Å². The summed E-state index contributed by atoms with van der Waals surface area (Å²) in [4.78, 5) is 118. The van der Waals surface area contributed by atoms with Gasteiger partial charge in [-0.15, -0.1) is 0 Å². The van der Waals surface area contributed by atoms with E-state index in [1.54, 1.807) is 70.8 Å². The molecule has 2 aromatic carbocycles. The Balaban J connectivity index is 1.24. The molecular weight excluding hydrogens is 1510 g/mol. The number of nitrogens with one attached hydrogen (secondary N) is 3. The predicted octanol–water partition coefficient (Wildman–Crippen LogP) is 1.83. The van der Waals surface area contributed by atoms with Crippen LogP contribution in [0.3, 0.4) is 0 Å². The molecule has 4 rings (SSSR count). The molecular formula is C78H129N7O30. The van der Waals surface area contributed by atoms with Crippen LogP contribution in [-0.4, -0.2) is 348 Å². The number of amides is 6. The number of aliphatic carboxylic acids is 2. The number of rotatable bonds is 63. The molecule has 14 atom stereocenters. The van der Waals surface area contributed by atoms with Gasteiger partial charge in [-0.3, -0.25) is 28.9 Å². The predicted molar refractivity (Wildman–Crippen MR) is 413 cm³/mol. The topological polar surface area (TPSA) is 466 Å². The number of nitrogens with zero attached hydrogens (tertiary/aromatic N) is 3. The zero-order valence-corrected chi connectivity index (χ0v) is 68.6. The Hall–Kier alpha value is -6.96. The number of carbonyl (C=O) groups is 8. The second kappa shape index (κ2) is 57.2. The first kappa shape index (κ1) is 100. The van der Waals surface area contributed by atoms with Gasteiger partial charge in [0, 0.05) is 41.3 Å². The van der Waals surface area contributed by atoms with Crippen molar-refractivity contribution in [2.45, 2.75) is 167 Å². The third-order valence-electron chi connectivity index (χ3n) is 19.3. The van der Waals surface area contributed by atoms with Crippen molar-refractivity contribution in [3.05, 3.63) is 59.7 Å². The number of carboxylic acid groups (broad SMARTS) is 2. The molecule has 2 aliphatic heterocycles. The van der Waals surface area contributed by atoms with E-state index in [0.29, 0.717) is 151 Å². The molecule has 0 aromatic heterocycles. The Kier molecular flexibility index (Phi) is 49.9. The summed E-state index contributed by atoms with van der Waals surface area (Å²) in [7, 11) is 5.85. The lowest BCUT2D eigenvalue weighted by molar-refractivity contribution is -0.271. The molecule has 2 saturated heterocycles. The van der Waals surface area contributed by atoms with E-state index < -0.39 is 139 Å². The molecule has 10 N–H and O–H groups in total. The third kappa shape index (κ3) is 36.4. The van der Waals surface area contributed by atoms with Crippen molar-refractivity contribution in [1.29, 1.82) is 0 Å². The van der Waals surface area contributed by atoms with Gasteiger partial charge in [-0.05, 0) is 53.9 Å². The summed E-state index contributed by atoms with van der Waals surface area (Å²) < 4.78 is 89.4. The Morgan fingerprint density at radius 2 is 1.10 bits per heavy atom. The maximum Gasteiger partial charge on any atom is 0.410 e. The van der Waals surface area contributed by atoms with E-state index in [2.05, 4.69) is 20.8 Å². The molecule has 37 heteroatoms. The minimum absolute atomic E-state index is 0.0607. The number of aliphatic hydroxyl groups is 3. The molecule has 0 aliphatic carbocycles. The van der Waals surface area contributed by atoms with E-state index in [9.17, 15) is 63.9 Å². The van der Waals surface area contributed by atoms with E-state index >= 15 is 0 Å². The number of ether oxygens (including phenoxy) is 16. The van der Waals surface area contributed by atoms with Crippen molar-refractivity contribution in [1.82, 2.24) is 25.3 Å². The molecule has 37 nitrogen and oxygen atoms in total. The standard InChI is InChI=1S/C78H129N7O30/c1-12-53(6)66(61(99-10)49-63(87)85-23-16-19-59(85)70(100-11)54(7)72(91)81-58(75(94)95)47-55-17-14-13-15-18-55)83(8)74(93)64(51(2)3)82-73(92)65(52(4)5)84(9)78(98)112-50-56-20-21-60(114-77-69(90)67(88)68(89)71(115-77)76(96)97)57(48-56)80-62(86)22-24-101-25-26-102-27-28-103-29-30-104-31-32-105-33-34-106-35-36-107-37-38-108-39-40-109-41-42-110-43-44-111-45-46-113-79/h13-15,17-18,20-21,48,51-54,58-59,61,64-71,77,88-90H,12,16,19,22-47,49-50,79H2,1-11H3,(H,80,86)(H,81,91)(H,82,92)(H,94,95)(H,96,97)/t53-,54+,58-,59-,61+,64-,65-,66-,67-,68-,69+,70+,71-,77+/m0/s1. The van der Waals surface area contributed by atoms with Gasteiger partial charge in [-0.25, -0.2) is 20.3 Å². The van der Waals surface area contributed by atoms with Crippen molar-refractivity contribution >= 4 is 53.3 Å². The number of anilines is 1. The van der Waals surface area contributed by atoms with Gasteiger partial charge < -0.3 is 132 Å². The fourth-order valence-corrected chi connectivity index (χ4v) is 12.8. The molecule has 6 amide bonds. The van der Waals surface area contributed by atoms with Crippen LogP contribution in [0.15, 0.2) is 48.5 Å². The molecule has 115 heavy (non-hydrogen) atoms. The quantitative estimate of drug-likeness (QED) is 0.0337. The fourth-order valence-electron chi connectivity index (χ4n) is 12.8. The number of aliphatic hydroxyl groups excluding tert-OH is 3. The molecule has 0 radical (unpaired) electrons. The largest absolute Gasteiger partial charge is 0.480 e. The van der Waals surface area contributed by atoms with Crippen LogP contribution in [0.1, 0.15) is 91.7 Å². The summed E-state index contributed by atoms with van der Waals surface area (Å²) in [6.07, 6.45) is -11.1. The maximum atomic E-state index is 14.9.